The number of fused-ring (bicyclic) bond motifs is 1. The van der Waals surface area contributed by atoms with E-state index in [0.717, 1.165) is 0 Å². The summed E-state index contributed by atoms with van der Waals surface area (Å²) in [6.45, 7) is 1.75. The SMILES string of the molecule is CCC(Nc1ccc([N+](=O)[O-])c2cnccc12)C(=O)O. The van der Waals surface area contributed by atoms with Crippen LogP contribution in [0.15, 0.2) is 30.6 Å². The molecule has 0 saturated carbocycles. The second kappa shape index (κ2) is 5.52. The number of nitro groups is 1. The summed E-state index contributed by atoms with van der Waals surface area (Å²) in [7, 11) is 0. The molecule has 0 aliphatic rings. The number of rotatable bonds is 5. The summed E-state index contributed by atoms with van der Waals surface area (Å²) in [4.78, 5) is 25.4. The van der Waals surface area contributed by atoms with E-state index in [2.05, 4.69) is 10.3 Å². The molecule has 20 heavy (non-hydrogen) atoms. The minimum absolute atomic E-state index is 0.0537. The van der Waals surface area contributed by atoms with Gasteiger partial charge < -0.3 is 10.4 Å². The minimum atomic E-state index is -0.965. The predicted molar refractivity (Wildman–Crippen MR) is 73.7 cm³/mol. The second-order valence-corrected chi connectivity index (χ2v) is 4.25. The van der Waals surface area contributed by atoms with Crippen molar-refractivity contribution in [3.63, 3.8) is 0 Å². The van der Waals surface area contributed by atoms with Crippen molar-refractivity contribution >= 4 is 28.1 Å². The van der Waals surface area contributed by atoms with Gasteiger partial charge in [0.05, 0.1) is 10.3 Å². The van der Waals surface area contributed by atoms with E-state index >= 15 is 0 Å². The number of carboxylic acids is 1. The van der Waals surface area contributed by atoms with Gasteiger partial charge in [-0.05, 0) is 18.6 Å². The van der Waals surface area contributed by atoms with Gasteiger partial charge in [0.2, 0.25) is 0 Å². The normalized spacial score (nSPS) is 12.1. The third-order valence-electron chi connectivity index (χ3n) is 3.03. The number of carboxylic acid groups (broad SMARTS) is 1. The number of hydrogen-bond donors (Lipinski definition) is 2. The van der Waals surface area contributed by atoms with Crippen LogP contribution >= 0.6 is 0 Å². The van der Waals surface area contributed by atoms with E-state index in [4.69, 9.17) is 5.11 Å². The molecule has 1 aromatic carbocycles. The van der Waals surface area contributed by atoms with E-state index in [9.17, 15) is 14.9 Å². The van der Waals surface area contributed by atoms with Gasteiger partial charge in [0.15, 0.2) is 0 Å². The number of benzene rings is 1. The summed E-state index contributed by atoms with van der Waals surface area (Å²) in [5, 5.41) is 23.9. The van der Waals surface area contributed by atoms with Gasteiger partial charge in [-0.1, -0.05) is 6.92 Å². The lowest BCUT2D eigenvalue weighted by Gasteiger charge is -2.15. The van der Waals surface area contributed by atoms with Gasteiger partial charge >= 0.3 is 5.97 Å². The van der Waals surface area contributed by atoms with Crippen LogP contribution in [0.2, 0.25) is 0 Å². The highest BCUT2D eigenvalue weighted by Gasteiger charge is 2.18. The zero-order valence-corrected chi connectivity index (χ0v) is 10.7. The van der Waals surface area contributed by atoms with Crippen LogP contribution < -0.4 is 5.32 Å². The number of aromatic nitrogens is 1. The highest BCUT2D eigenvalue weighted by atomic mass is 16.6. The molecule has 1 heterocycles. The van der Waals surface area contributed by atoms with Crippen LogP contribution in [0, 0.1) is 10.1 Å². The molecule has 0 radical (unpaired) electrons. The van der Waals surface area contributed by atoms with E-state index < -0.39 is 16.9 Å². The molecule has 1 atom stereocenters. The van der Waals surface area contributed by atoms with Crippen molar-refractivity contribution in [3.8, 4) is 0 Å². The third kappa shape index (κ3) is 2.51. The Hall–Kier alpha value is -2.70. The Labute approximate surface area is 114 Å². The smallest absolute Gasteiger partial charge is 0.326 e. The van der Waals surface area contributed by atoms with Gasteiger partial charge in [-0.15, -0.1) is 0 Å². The molecule has 0 bridgehead atoms. The molecule has 1 unspecified atom stereocenters. The highest BCUT2D eigenvalue weighted by Crippen LogP contribution is 2.31. The molecular formula is C13H13N3O4. The van der Waals surface area contributed by atoms with Crippen molar-refractivity contribution < 1.29 is 14.8 Å². The lowest BCUT2D eigenvalue weighted by atomic mass is 10.1. The molecule has 1 aromatic heterocycles. The van der Waals surface area contributed by atoms with E-state index in [-0.39, 0.29) is 5.69 Å². The molecule has 0 spiro atoms. The number of nitrogens with zero attached hydrogens (tertiary/aromatic N) is 2. The number of nitrogens with one attached hydrogen (secondary N) is 1. The van der Waals surface area contributed by atoms with Crippen LogP contribution in [0.4, 0.5) is 11.4 Å². The van der Waals surface area contributed by atoms with Crippen molar-refractivity contribution in [1.82, 2.24) is 4.98 Å². The van der Waals surface area contributed by atoms with Crippen LogP contribution in [0.5, 0.6) is 0 Å². The van der Waals surface area contributed by atoms with Crippen LogP contribution in [-0.4, -0.2) is 27.0 Å². The number of pyridine rings is 1. The number of non-ortho nitro benzene ring substituents is 1. The second-order valence-electron chi connectivity index (χ2n) is 4.25. The van der Waals surface area contributed by atoms with Crippen molar-refractivity contribution in [2.75, 3.05) is 5.32 Å². The van der Waals surface area contributed by atoms with Crippen molar-refractivity contribution in [1.29, 1.82) is 0 Å². The first-order valence-electron chi connectivity index (χ1n) is 6.05. The number of nitro benzene ring substituents is 1. The average molecular weight is 275 g/mol. The van der Waals surface area contributed by atoms with Gasteiger partial charge in [0.1, 0.15) is 6.04 Å². The van der Waals surface area contributed by atoms with Gasteiger partial charge in [-0.3, -0.25) is 15.1 Å². The van der Waals surface area contributed by atoms with Crippen molar-refractivity contribution in [2.24, 2.45) is 0 Å². The summed E-state index contributed by atoms with van der Waals surface area (Å²) >= 11 is 0. The van der Waals surface area contributed by atoms with Gasteiger partial charge in [0.25, 0.3) is 5.69 Å². The first-order valence-corrected chi connectivity index (χ1v) is 6.05. The first kappa shape index (κ1) is 13.7. The zero-order valence-electron chi connectivity index (χ0n) is 10.7. The Bertz CT molecular complexity index is 672. The summed E-state index contributed by atoms with van der Waals surface area (Å²) < 4.78 is 0. The van der Waals surface area contributed by atoms with Gasteiger partial charge in [-0.25, -0.2) is 4.79 Å². The number of anilines is 1. The molecule has 7 nitrogen and oxygen atoms in total. The summed E-state index contributed by atoms with van der Waals surface area (Å²) in [6, 6.07) is 3.75. The maximum Gasteiger partial charge on any atom is 0.326 e. The van der Waals surface area contributed by atoms with E-state index in [1.54, 1.807) is 13.0 Å². The summed E-state index contributed by atoms with van der Waals surface area (Å²) in [5.41, 5.74) is 0.490. The molecule has 0 aliphatic carbocycles. The zero-order chi connectivity index (χ0) is 14.7. The van der Waals surface area contributed by atoms with Gasteiger partial charge in [0, 0.05) is 29.5 Å². The molecule has 0 amide bonds. The quantitative estimate of drug-likeness (QED) is 0.641. The lowest BCUT2D eigenvalue weighted by Crippen LogP contribution is -2.28. The topological polar surface area (TPSA) is 105 Å². The Morgan fingerprint density at radius 1 is 1.45 bits per heavy atom. The van der Waals surface area contributed by atoms with E-state index in [1.165, 1.54) is 24.5 Å². The van der Waals surface area contributed by atoms with E-state index in [0.29, 0.717) is 22.9 Å². The Kier molecular flexibility index (Phi) is 3.79. The summed E-state index contributed by atoms with van der Waals surface area (Å²) in [6.07, 6.45) is 3.32. The molecule has 2 rings (SSSR count). The monoisotopic (exact) mass is 275 g/mol. The predicted octanol–water partition coefficient (Wildman–Crippen LogP) is 2.42. The van der Waals surface area contributed by atoms with Crippen LogP contribution in [-0.2, 0) is 4.79 Å². The molecule has 0 saturated heterocycles. The van der Waals surface area contributed by atoms with Crippen LogP contribution in [0.3, 0.4) is 0 Å². The minimum Gasteiger partial charge on any atom is -0.480 e. The Balaban J connectivity index is 2.53. The highest BCUT2D eigenvalue weighted by molar-refractivity contribution is 5.99. The largest absolute Gasteiger partial charge is 0.480 e. The molecule has 2 aromatic rings. The van der Waals surface area contributed by atoms with Crippen LogP contribution in [0.1, 0.15) is 13.3 Å². The standard InChI is InChI=1S/C13H13N3O4/c1-2-10(13(17)18)15-11-3-4-12(16(19)20)9-7-14-6-5-8(9)11/h3-7,10,15H,2H2,1H3,(H,17,18). The molecule has 7 heteroatoms. The number of carbonyl (C=O) groups is 1. The van der Waals surface area contributed by atoms with Gasteiger partial charge in [-0.2, -0.15) is 0 Å². The maximum absolute atomic E-state index is 11.1. The summed E-state index contributed by atoms with van der Waals surface area (Å²) in [5.74, 6) is -0.965. The molecule has 0 aliphatic heterocycles. The fraction of sp³-hybridized carbons (Fsp3) is 0.231. The van der Waals surface area contributed by atoms with E-state index in [1.807, 2.05) is 0 Å². The Morgan fingerprint density at radius 3 is 2.80 bits per heavy atom. The maximum atomic E-state index is 11.1. The molecule has 104 valence electrons. The Morgan fingerprint density at radius 2 is 2.20 bits per heavy atom. The number of hydrogen-bond acceptors (Lipinski definition) is 5. The average Bonchev–Trinajstić information content (AvgIpc) is 2.43. The molecule has 2 N–H and O–H groups in total. The van der Waals surface area contributed by atoms with Crippen molar-refractivity contribution in [2.45, 2.75) is 19.4 Å². The van der Waals surface area contributed by atoms with Crippen LogP contribution in [0.25, 0.3) is 10.8 Å². The fourth-order valence-corrected chi connectivity index (χ4v) is 1.99. The molecule has 0 fully saturated rings. The van der Waals surface area contributed by atoms with Crippen molar-refractivity contribution in [3.05, 3.63) is 40.7 Å². The fourth-order valence-electron chi connectivity index (χ4n) is 1.99. The lowest BCUT2D eigenvalue weighted by molar-refractivity contribution is -0.383. The molecular weight excluding hydrogens is 262 g/mol. The first-order chi connectivity index (χ1) is 9.54. The third-order valence-corrected chi connectivity index (χ3v) is 3.03. The number of aliphatic carboxylic acids is 1.